The summed E-state index contributed by atoms with van der Waals surface area (Å²) in [6, 6.07) is 16.5. The van der Waals surface area contributed by atoms with E-state index in [-0.39, 0.29) is 10.9 Å². The molecule has 3 rings (SSSR count). The van der Waals surface area contributed by atoms with Crippen LogP contribution in [0.2, 0.25) is 0 Å². The van der Waals surface area contributed by atoms with Gasteiger partial charge in [-0.15, -0.1) is 0 Å². The summed E-state index contributed by atoms with van der Waals surface area (Å²) in [6.07, 6.45) is 0.598. The lowest BCUT2D eigenvalue weighted by atomic mass is 10.1. The summed E-state index contributed by atoms with van der Waals surface area (Å²) in [5, 5.41) is 4.41. The van der Waals surface area contributed by atoms with Gasteiger partial charge in [0.25, 0.3) is 11.8 Å². The minimum atomic E-state index is -0.776. The zero-order valence-electron chi connectivity index (χ0n) is 14.4. The smallest absolute Gasteiger partial charge is 0.293 e. The molecule has 138 valence electrons. The highest BCUT2D eigenvalue weighted by Crippen LogP contribution is 2.21. The number of furan rings is 1. The largest absolute Gasteiger partial charge is 0.481 e. The van der Waals surface area contributed by atoms with Crippen LogP contribution < -0.4 is 20.9 Å². The third-order valence-electron chi connectivity index (χ3n) is 3.67. The number of benzene rings is 2. The zero-order valence-corrected chi connectivity index (χ0v) is 15.2. The van der Waals surface area contributed by atoms with Gasteiger partial charge in [0.15, 0.2) is 17.0 Å². The Morgan fingerprint density at radius 3 is 2.56 bits per heavy atom. The SMILES string of the molecule is CC(Oc1ccc2ccccc2c1)C(=O)NNC(=S)NC(=O)c1ccco1. The second-order valence-corrected chi connectivity index (χ2v) is 6.05. The number of thiocarbonyl (C=S) groups is 1. The predicted molar refractivity (Wildman–Crippen MR) is 104 cm³/mol. The Balaban J connectivity index is 1.49. The lowest BCUT2D eigenvalue weighted by Gasteiger charge is -2.16. The van der Waals surface area contributed by atoms with Crippen molar-refractivity contribution in [2.75, 3.05) is 0 Å². The molecular formula is C19H17N3O4S. The van der Waals surface area contributed by atoms with Crippen molar-refractivity contribution in [3.05, 3.63) is 66.6 Å². The Bertz CT molecular complexity index is 972. The summed E-state index contributed by atoms with van der Waals surface area (Å²) < 4.78 is 10.6. The minimum absolute atomic E-state index is 0.0670. The Morgan fingerprint density at radius 1 is 1.04 bits per heavy atom. The Morgan fingerprint density at radius 2 is 1.81 bits per heavy atom. The number of hydrogen-bond acceptors (Lipinski definition) is 5. The van der Waals surface area contributed by atoms with Crippen molar-refractivity contribution in [3.8, 4) is 5.75 Å². The maximum atomic E-state index is 12.1. The van der Waals surface area contributed by atoms with Crippen molar-refractivity contribution in [2.24, 2.45) is 0 Å². The number of hydrazine groups is 1. The monoisotopic (exact) mass is 383 g/mol. The molecule has 0 saturated heterocycles. The molecule has 0 radical (unpaired) electrons. The van der Waals surface area contributed by atoms with Gasteiger partial charge in [0, 0.05) is 0 Å². The lowest BCUT2D eigenvalue weighted by Crippen LogP contribution is -2.51. The highest BCUT2D eigenvalue weighted by molar-refractivity contribution is 7.80. The molecule has 0 spiro atoms. The van der Waals surface area contributed by atoms with Gasteiger partial charge in [0.05, 0.1) is 6.26 Å². The predicted octanol–water partition coefficient (Wildman–Crippen LogP) is 2.54. The molecule has 1 atom stereocenters. The molecule has 27 heavy (non-hydrogen) atoms. The van der Waals surface area contributed by atoms with E-state index < -0.39 is 17.9 Å². The van der Waals surface area contributed by atoms with Crippen LogP contribution in [0.1, 0.15) is 17.5 Å². The van der Waals surface area contributed by atoms with E-state index in [0.717, 1.165) is 10.8 Å². The van der Waals surface area contributed by atoms with Crippen LogP contribution in [0.4, 0.5) is 0 Å². The van der Waals surface area contributed by atoms with Gasteiger partial charge in [0.2, 0.25) is 0 Å². The topological polar surface area (TPSA) is 92.6 Å². The Labute approximate surface area is 160 Å². The molecule has 2 aromatic carbocycles. The number of hydrogen-bond donors (Lipinski definition) is 3. The molecule has 0 aliphatic carbocycles. The fourth-order valence-corrected chi connectivity index (χ4v) is 2.47. The molecule has 1 heterocycles. The number of ether oxygens (including phenoxy) is 1. The van der Waals surface area contributed by atoms with E-state index >= 15 is 0 Å². The van der Waals surface area contributed by atoms with E-state index in [1.54, 1.807) is 19.1 Å². The van der Waals surface area contributed by atoms with Crippen molar-refractivity contribution in [2.45, 2.75) is 13.0 Å². The minimum Gasteiger partial charge on any atom is -0.481 e. The third-order valence-corrected chi connectivity index (χ3v) is 3.88. The molecule has 0 bridgehead atoms. The fraction of sp³-hybridized carbons (Fsp3) is 0.105. The molecule has 1 aromatic heterocycles. The molecule has 3 aromatic rings. The highest BCUT2D eigenvalue weighted by atomic mass is 32.1. The van der Waals surface area contributed by atoms with Crippen LogP contribution >= 0.6 is 12.2 Å². The standard InChI is InChI=1S/C19H17N3O4S/c1-12(26-15-9-8-13-5-2-3-6-14(13)11-15)17(23)21-22-19(27)20-18(24)16-7-4-10-25-16/h2-12H,1H3,(H,21,23)(H2,20,22,24,27). The van der Waals surface area contributed by atoms with E-state index in [4.69, 9.17) is 21.4 Å². The summed E-state index contributed by atoms with van der Waals surface area (Å²) in [5.41, 5.74) is 4.84. The summed E-state index contributed by atoms with van der Waals surface area (Å²) >= 11 is 4.95. The van der Waals surface area contributed by atoms with Crippen molar-refractivity contribution in [1.82, 2.24) is 16.2 Å². The number of nitrogens with one attached hydrogen (secondary N) is 3. The van der Waals surface area contributed by atoms with Gasteiger partial charge in [0.1, 0.15) is 5.75 Å². The Hall–Kier alpha value is -3.39. The molecule has 0 saturated carbocycles. The summed E-state index contributed by atoms with van der Waals surface area (Å²) in [7, 11) is 0. The van der Waals surface area contributed by atoms with E-state index in [0.29, 0.717) is 5.75 Å². The van der Waals surface area contributed by atoms with Gasteiger partial charge in [-0.25, -0.2) is 0 Å². The zero-order chi connectivity index (χ0) is 19.2. The summed E-state index contributed by atoms with van der Waals surface area (Å²) in [4.78, 5) is 23.9. The van der Waals surface area contributed by atoms with Crippen molar-refractivity contribution in [3.63, 3.8) is 0 Å². The van der Waals surface area contributed by atoms with Crippen LogP contribution in [-0.2, 0) is 4.79 Å². The third kappa shape index (κ3) is 4.83. The first-order valence-corrected chi connectivity index (χ1v) is 8.54. The van der Waals surface area contributed by atoms with Gasteiger partial charge in [-0.05, 0) is 54.2 Å². The Kier molecular flexibility index (Phi) is 5.68. The van der Waals surface area contributed by atoms with Crippen molar-refractivity contribution < 1.29 is 18.7 Å². The van der Waals surface area contributed by atoms with Gasteiger partial charge >= 0.3 is 0 Å². The van der Waals surface area contributed by atoms with E-state index in [2.05, 4.69) is 16.2 Å². The number of rotatable bonds is 4. The van der Waals surface area contributed by atoms with Gasteiger partial charge in [-0.1, -0.05) is 30.3 Å². The summed E-state index contributed by atoms with van der Waals surface area (Å²) in [6.45, 7) is 1.61. The van der Waals surface area contributed by atoms with Crippen molar-refractivity contribution >= 4 is 39.9 Å². The van der Waals surface area contributed by atoms with Gasteiger partial charge in [-0.3, -0.25) is 25.8 Å². The van der Waals surface area contributed by atoms with Crippen LogP contribution in [0, 0.1) is 0 Å². The first kappa shape index (κ1) is 18.4. The normalized spacial score (nSPS) is 11.4. The first-order valence-electron chi connectivity index (χ1n) is 8.13. The molecule has 8 heteroatoms. The average molecular weight is 383 g/mol. The fourth-order valence-electron chi connectivity index (χ4n) is 2.32. The molecule has 2 amide bonds. The second-order valence-electron chi connectivity index (χ2n) is 5.64. The average Bonchev–Trinajstić information content (AvgIpc) is 3.21. The first-order chi connectivity index (χ1) is 13.0. The van der Waals surface area contributed by atoms with Gasteiger partial charge in [-0.2, -0.15) is 0 Å². The number of carbonyl (C=O) groups excluding carboxylic acids is 2. The maximum absolute atomic E-state index is 12.1. The number of amides is 2. The lowest BCUT2D eigenvalue weighted by molar-refractivity contribution is -0.127. The van der Waals surface area contributed by atoms with E-state index in [1.165, 1.54) is 12.3 Å². The quantitative estimate of drug-likeness (QED) is 0.474. The van der Waals surface area contributed by atoms with Crippen LogP contribution in [0.15, 0.2) is 65.3 Å². The van der Waals surface area contributed by atoms with E-state index in [9.17, 15) is 9.59 Å². The summed E-state index contributed by atoms with van der Waals surface area (Å²) in [5.74, 6) is -0.284. The van der Waals surface area contributed by atoms with Crippen LogP contribution in [0.5, 0.6) is 5.75 Å². The molecule has 0 aliphatic rings. The molecule has 1 unspecified atom stereocenters. The molecule has 0 aliphatic heterocycles. The van der Waals surface area contributed by atoms with Crippen LogP contribution in [-0.4, -0.2) is 23.0 Å². The van der Waals surface area contributed by atoms with Crippen molar-refractivity contribution in [1.29, 1.82) is 0 Å². The molecule has 0 fully saturated rings. The van der Waals surface area contributed by atoms with Crippen LogP contribution in [0.25, 0.3) is 10.8 Å². The maximum Gasteiger partial charge on any atom is 0.293 e. The number of carbonyl (C=O) groups is 2. The van der Waals surface area contributed by atoms with Gasteiger partial charge < -0.3 is 9.15 Å². The van der Waals surface area contributed by atoms with E-state index in [1.807, 2.05) is 36.4 Å². The molecule has 3 N–H and O–H groups in total. The second kappa shape index (κ2) is 8.33. The molecular weight excluding hydrogens is 366 g/mol. The highest BCUT2D eigenvalue weighted by Gasteiger charge is 2.16. The molecule has 7 nitrogen and oxygen atoms in total. The van der Waals surface area contributed by atoms with Crippen LogP contribution in [0.3, 0.4) is 0 Å². The number of fused-ring (bicyclic) bond motifs is 1.